The van der Waals surface area contributed by atoms with Crippen LogP contribution in [-0.4, -0.2) is 53.9 Å². The standard InChI is InChI=1S/C30H41N5O6/c1-7-30(5,6)22-16-21(19-33(9-3)26(37)12-11-15-36)27(38)25(18-22)35-32-23-17-20(28(39)41-10-4)13-14-24(23)34(35)29(40)31-8-2/h13-18,32,38H,7-12,19H2,1-6H3,(H,31,40). The van der Waals surface area contributed by atoms with E-state index < -0.39 is 12.0 Å². The second kappa shape index (κ2) is 13.4. The van der Waals surface area contributed by atoms with Crippen LogP contribution in [-0.2, 0) is 26.3 Å². The number of rotatable bonds is 12. The molecule has 1 aliphatic rings. The third kappa shape index (κ3) is 6.72. The zero-order valence-corrected chi connectivity index (χ0v) is 24.7. The van der Waals surface area contributed by atoms with Crippen LogP contribution in [0.25, 0.3) is 0 Å². The Hall–Kier alpha value is -4.28. The lowest BCUT2D eigenvalue weighted by Gasteiger charge is -2.33. The van der Waals surface area contributed by atoms with Crippen molar-refractivity contribution in [2.45, 2.75) is 72.8 Å². The number of phenols is 1. The van der Waals surface area contributed by atoms with E-state index in [0.29, 0.717) is 47.6 Å². The number of nitrogens with one attached hydrogen (secondary N) is 2. The second-order valence-corrected chi connectivity index (χ2v) is 10.4. The van der Waals surface area contributed by atoms with Crippen LogP contribution in [0.5, 0.6) is 5.75 Å². The van der Waals surface area contributed by atoms with E-state index in [1.54, 1.807) is 36.9 Å². The van der Waals surface area contributed by atoms with E-state index in [0.717, 1.165) is 12.0 Å². The predicted molar refractivity (Wildman–Crippen MR) is 158 cm³/mol. The Morgan fingerprint density at radius 2 is 1.83 bits per heavy atom. The van der Waals surface area contributed by atoms with Gasteiger partial charge in [-0.2, -0.15) is 10.1 Å². The van der Waals surface area contributed by atoms with Gasteiger partial charge in [-0.25, -0.2) is 9.59 Å². The number of hydrogen-bond donors (Lipinski definition) is 3. The van der Waals surface area contributed by atoms with Crippen LogP contribution in [0.4, 0.5) is 21.9 Å². The molecule has 1 aliphatic heterocycles. The highest BCUT2D eigenvalue weighted by atomic mass is 16.5. The summed E-state index contributed by atoms with van der Waals surface area (Å²) in [5.41, 5.74) is 5.85. The summed E-state index contributed by atoms with van der Waals surface area (Å²) in [4.78, 5) is 51.0. The normalized spacial score (nSPS) is 12.4. The van der Waals surface area contributed by atoms with E-state index in [1.165, 1.54) is 10.1 Å². The number of esters is 1. The fraction of sp³-hybridized carbons (Fsp3) is 0.467. The Morgan fingerprint density at radius 1 is 1.10 bits per heavy atom. The molecule has 0 saturated carbocycles. The SMILES string of the molecule is CCNC(=O)N1c2ccc(C(=O)OCC)cc2NN1c1cc(C(C)(C)CC)cc(CN(CC)C(=O)CCC=O)c1O. The van der Waals surface area contributed by atoms with Gasteiger partial charge in [-0.1, -0.05) is 20.8 Å². The van der Waals surface area contributed by atoms with Crippen LogP contribution in [0.15, 0.2) is 30.3 Å². The molecule has 0 saturated heterocycles. The molecule has 0 bridgehead atoms. The zero-order valence-electron chi connectivity index (χ0n) is 24.7. The monoisotopic (exact) mass is 567 g/mol. The summed E-state index contributed by atoms with van der Waals surface area (Å²) in [6.45, 7) is 12.7. The smallest absolute Gasteiger partial charge is 0.342 e. The van der Waals surface area contributed by atoms with Crippen LogP contribution in [0, 0.1) is 0 Å². The quantitative estimate of drug-likeness (QED) is 0.244. The summed E-state index contributed by atoms with van der Waals surface area (Å²) in [6.07, 6.45) is 1.72. The Bertz CT molecular complexity index is 1290. The number of aldehydes is 1. The second-order valence-electron chi connectivity index (χ2n) is 10.4. The molecule has 11 nitrogen and oxygen atoms in total. The molecule has 1 heterocycles. The van der Waals surface area contributed by atoms with Gasteiger partial charge in [0.05, 0.1) is 23.5 Å². The van der Waals surface area contributed by atoms with Gasteiger partial charge < -0.3 is 24.9 Å². The van der Waals surface area contributed by atoms with Gasteiger partial charge in [0.2, 0.25) is 5.91 Å². The van der Waals surface area contributed by atoms with Crippen molar-refractivity contribution in [3.05, 3.63) is 47.0 Å². The molecular weight excluding hydrogens is 526 g/mol. The minimum atomic E-state index is -0.490. The number of phenolic OH excluding ortho intramolecular Hbond substituents is 1. The highest BCUT2D eigenvalue weighted by molar-refractivity contribution is 6.04. The van der Waals surface area contributed by atoms with Crippen molar-refractivity contribution in [3.8, 4) is 5.75 Å². The molecule has 0 atom stereocenters. The van der Waals surface area contributed by atoms with Gasteiger partial charge in [0.25, 0.3) is 0 Å². The molecule has 2 aromatic rings. The summed E-state index contributed by atoms with van der Waals surface area (Å²) in [5.74, 6) is -0.791. The molecule has 11 heteroatoms. The van der Waals surface area contributed by atoms with Gasteiger partial charge in [0.15, 0.2) is 0 Å². The molecule has 222 valence electrons. The fourth-order valence-corrected chi connectivity index (χ4v) is 4.50. The fourth-order valence-electron chi connectivity index (χ4n) is 4.50. The van der Waals surface area contributed by atoms with E-state index in [2.05, 4.69) is 31.5 Å². The lowest BCUT2D eigenvalue weighted by molar-refractivity contribution is -0.132. The van der Waals surface area contributed by atoms with Crippen molar-refractivity contribution in [2.75, 3.05) is 35.2 Å². The third-order valence-electron chi connectivity index (χ3n) is 7.32. The molecule has 0 radical (unpaired) electrons. The summed E-state index contributed by atoms with van der Waals surface area (Å²) < 4.78 is 5.14. The van der Waals surface area contributed by atoms with E-state index >= 15 is 0 Å². The predicted octanol–water partition coefficient (Wildman–Crippen LogP) is 4.88. The van der Waals surface area contributed by atoms with Crippen LogP contribution < -0.4 is 20.9 Å². The van der Waals surface area contributed by atoms with Crippen molar-refractivity contribution >= 4 is 41.3 Å². The van der Waals surface area contributed by atoms with Crippen LogP contribution in [0.1, 0.15) is 82.3 Å². The van der Waals surface area contributed by atoms with E-state index in [1.807, 2.05) is 19.1 Å². The van der Waals surface area contributed by atoms with Gasteiger partial charge in [-0.05, 0) is 68.5 Å². The lowest BCUT2D eigenvalue weighted by atomic mass is 9.81. The Morgan fingerprint density at radius 3 is 2.44 bits per heavy atom. The largest absolute Gasteiger partial charge is 0.505 e. The van der Waals surface area contributed by atoms with Crippen molar-refractivity contribution in [1.29, 1.82) is 0 Å². The number of amides is 3. The van der Waals surface area contributed by atoms with Crippen LogP contribution >= 0.6 is 0 Å². The molecule has 0 fully saturated rings. The molecule has 3 N–H and O–H groups in total. The molecule has 0 aromatic heterocycles. The molecule has 0 aliphatic carbocycles. The van der Waals surface area contributed by atoms with Gasteiger partial charge in [0, 0.05) is 38.0 Å². The number of aromatic hydroxyl groups is 1. The highest BCUT2D eigenvalue weighted by Crippen LogP contribution is 2.44. The number of carbonyl (C=O) groups is 4. The maximum absolute atomic E-state index is 13.3. The third-order valence-corrected chi connectivity index (χ3v) is 7.32. The van der Waals surface area contributed by atoms with Gasteiger partial charge in [-0.15, -0.1) is 0 Å². The lowest BCUT2D eigenvalue weighted by Crippen LogP contribution is -2.50. The first-order valence-corrected chi connectivity index (χ1v) is 14.1. The minimum absolute atomic E-state index is 0.0852. The van der Waals surface area contributed by atoms with Crippen LogP contribution in [0.2, 0.25) is 0 Å². The number of benzene rings is 2. The average molecular weight is 568 g/mol. The number of fused-ring (bicyclic) bond motifs is 1. The van der Waals surface area contributed by atoms with Crippen molar-refractivity contribution < 1.29 is 29.0 Å². The summed E-state index contributed by atoms with van der Waals surface area (Å²) in [6, 6.07) is 8.09. The molecule has 3 rings (SSSR count). The number of hydrogen-bond acceptors (Lipinski definition) is 8. The Balaban J connectivity index is 2.16. The Kier molecular flexibility index (Phi) is 10.2. The first-order valence-electron chi connectivity index (χ1n) is 14.1. The number of hydrazine groups is 2. The van der Waals surface area contributed by atoms with Gasteiger partial charge in [-0.3, -0.25) is 10.2 Å². The number of nitrogens with zero attached hydrogens (tertiary/aromatic N) is 3. The molecule has 0 spiro atoms. The molecule has 0 unspecified atom stereocenters. The molecule has 41 heavy (non-hydrogen) atoms. The maximum atomic E-state index is 13.3. The Labute approximate surface area is 241 Å². The van der Waals surface area contributed by atoms with Crippen LogP contribution in [0.3, 0.4) is 0 Å². The highest BCUT2D eigenvalue weighted by Gasteiger charge is 2.36. The molecule has 3 amide bonds. The topological polar surface area (TPSA) is 132 Å². The van der Waals surface area contributed by atoms with Crippen molar-refractivity contribution in [3.63, 3.8) is 0 Å². The zero-order chi connectivity index (χ0) is 30.3. The number of anilines is 3. The van der Waals surface area contributed by atoms with E-state index in [4.69, 9.17) is 4.74 Å². The average Bonchev–Trinajstić information content (AvgIpc) is 3.34. The van der Waals surface area contributed by atoms with Gasteiger partial charge in [0.1, 0.15) is 17.7 Å². The first-order chi connectivity index (χ1) is 19.5. The minimum Gasteiger partial charge on any atom is -0.505 e. The van der Waals surface area contributed by atoms with E-state index in [9.17, 15) is 24.3 Å². The first kappa shape index (κ1) is 31.3. The maximum Gasteiger partial charge on any atom is 0.342 e. The summed E-state index contributed by atoms with van der Waals surface area (Å²) in [5, 5.41) is 17.2. The van der Waals surface area contributed by atoms with E-state index in [-0.39, 0.29) is 43.1 Å². The summed E-state index contributed by atoms with van der Waals surface area (Å²) in [7, 11) is 0. The number of urea groups is 1. The number of carbonyl (C=O) groups excluding carboxylic acids is 4. The van der Waals surface area contributed by atoms with Gasteiger partial charge >= 0.3 is 12.0 Å². The van der Waals surface area contributed by atoms with Crippen molar-refractivity contribution in [2.24, 2.45) is 0 Å². The van der Waals surface area contributed by atoms with Crippen molar-refractivity contribution in [1.82, 2.24) is 10.2 Å². The summed E-state index contributed by atoms with van der Waals surface area (Å²) >= 11 is 0. The molecular formula is C30H41N5O6. The molecule has 2 aromatic carbocycles. The number of ether oxygens (including phenoxy) is 1.